The molecule has 21 heavy (non-hydrogen) atoms. The van der Waals surface area contributed by atoms with Crippen LogP contribution in [0, 0.1) is 11.8 Å². The van der Waals surface area contributed by atoms with Crippen LogP contribution in [-0.2, 0) is 4.79 Å². The summed E-state index contributed by atoms with van der Waals surface area (Å²) in [6.07, 6.45) is 2.06. The minimum atomic E-state index is -0.487. The summed E-state index contributed by atoms with van der Waals surface area (Å²) < 4.78 is 0. The van der Waals surface area contributed by atoms with Crippen molar-refractivity contribution in [1.82, 2.24) is 10.6 Å². The molecule has 1 rings (SSSR count). The fraction of sp³-hybridized carbons (Fsp3) is 0.625. The Morgan fingerprint density at radius 3 is 2.48 bits per heavy atom. The van der Waals surface area contributed by atoms with Crippen LogP contribution in [0.2, 0.25) is 0 Å². The van der Waals surface area contributed by atoms with E-state index in [1.807, 2.05) is 25.3 Å². The second kappa shape index (κ2) is 8.82. The minimum absolute atomic E-state index is 0.0546. The van der Waals surface area contributed by atoms with Crippen molar-refractivity contribution in [1.29, 1.82) is 0 Å². The molecule has 1 aromatic rings. The van der Waals surface area contributed by atoms with Crippen LogP contribution >= 0.6 is 11.3 Å². The zero-order valence-corrected chi connectivity index (χ0v) is 14.1. The van der Waals surface area contributed by atoms with Crippen LogP contribution in [0.3, 0.4) is 0 Å². The molecule has 4 nitrogen and oxygen atoms in total. The summed E-state index contributed by atoms with van der Waals surface area (Å²) in [5.74, 6) is 0.417. The van der Waals surface area contributed by atoms with Crippen LogP contribution in [0.1, 0.15) is 50.2 Å². The first kappa shape index (κ1) is 17.7. The van der Waals surface area contributed by atoms with Crippen molar-refractivity contribution in [3.8, 4) is 0 Å². The average Bonchev–Trinajstić information content (AvgIpc) is 2.93. The van der Waals surface area contributed by atoms with Crippen molar-refractivity contribution in [2.45, 2.75) is 46.6 Å². The van der Waals surface area contributed by atoms with E-state index in [0.717, 1.165) is 12.8 Å². The average molecular weight is 310 g/mol. The highest BCUT2D eigenvalue weighted by atomic mass is 32.1. The van der Waals surface area contributed by atoms with Gasteiger partial charge in [0.1, 0.15) is 6.04 Å². The number of amides is 2. The van der Waals surface area contributed by atoms with Gasteiger partial charge in [0, 0.05) is 6.54 Å². The number of hydrogen-bond donors (Lipinski definition) is 2. The lowest BCUT2D eigenvalue weighted by Crippen LogP contribution is -2.49. The molecule has 1 heterocycles. The summed E-state index contributed by atoms with van der Waals surface area (Å²) in [5, 5.41) is 7.60. The van der Waals surface area contributed by atoms with Gasteiger partial charge in [-0.15, -0.1) is 11.3 Å². The Morgan fingerprint density at radius 1 is 1.24 bits per heavy atom. The molecule has 0 spiro atoms. The van der Waals surface area contributed by atoms with E-state index >= 15 is 0 Å². The SMILES string of the molecule is CC(C)CCCNC(=O)[C@H](NC(=O)c1cccs1)C(C)C. The Kier molecular flexibility index (Phi) is 7.43. The molecule has 0 unspecified atom stereocenters. The number of hydrogen-bond acceptors (Lipinski definition) is 3. The van der Waals surface area contributed by atoms with Crippen LogP contribution in [0.15, 0.2) is 17.5 Å². The summed E-state index contributed by atoms with van der Waals surface area (Å²) in [5.41, 5.74) is 0. The van der Waals surface area contributed by atoms with E-state index in [4.69, 9.17) is 0 Å². The first-order valence-electron chi connectivity index (χ1n) is 7.54. The highest BCUT2D eigenvalue weighted by molar-refractivity contribution is 7.12. The monoisotopic (exact) mass is 310 g/mol. The molecule has 5 heteroatoms. The first-order chi connectivity index (χ1) is 9.91. The van der Waals surface area contributed by atoms with Gasteiger partial charge in [-0.05, 0) is 36.1 Å². The Balaban J connectivity index is 2.48. The molecule has 0 bridgehead atoms. The zero-order chi connectivity index (χ0) is 15.8. The summed E-state index contributed by atoms with van der Waals surface area (Å²) in [6, 6.07) is 3.10. The second-order valence-electron chi connectivity index (χ2n) is 6.00. The number of carbonyl (C=O) groups is 2. The molecule has 0 aliphatic carbocycles. The van der Waals surface area contributed by atoms with Gasteiger partial charge in [-0.1, -0.05) is 33.8 Å². The van der Waals surface area contributed by atoms with Gasteiger partial charge in [0.15, 0.2) is 0 Å². The molecule has 0 aliphatic rings. The van der Waals surface area contributed by atoms with E-state index in [2.05, 4.69) is 24.5 Å². The van der Waals surface area contributed by atoms with E-state index in [-0.39, 0.29) is 17.7 Å². The Hall–Kier alpha value is -1.36. The Labute approximate surface area is 131 Å². The lowest BCUT2D eigenvalue weighted by Gasteiger charge is -2.21. The predicted octanol–water partition coefficient (Wildman–Crippen LogP) is 3.05. The largest absolute Gasteiger partial charge is 0.354 e. The van der Waals surface area contributed by atoms with Crippen molar-refractivity contribution in [3.63, 3.8) is 0 Å². The quantitative estimate of drug-likeness (QED) is 0.725. The van der Waals surface area contributed by atoms with E-state index in [1.54, 1.807) is 6.07 Å². The van der Waals surface area contributed by atoms with Gasteiger partial charge in [-0.2, -0.15) is 0 Å². The molecular weight excluding hydrogens is 284 g/mol. The molecule has 0 radical (unpaired) electrons. The number of nitrogens with one attached hydrogen (secondary N) is 2. The van der Waals surface area contributed by atoms with Gasteiger partial charge < -0.3 is 10.6 Å². The normalized spacial score (nSPS) is 12.5. The van der Waals surface area contributed by atoms with E-state index < -0.39 is 6.04 Å². The molecule has 0 aromatic carbocycles. The van der Waals surface area contributed by atoms with Gasteiger partial charge in [0.2, 0.25) is 5.91 Å². The third-order valence-corrected chi connectivity index (χ3v) is 4.11. The van der Waals surface area contributed by atoms with E-state index in [9.17, 15) is 9.59 Å². The maximum atomic E-state index is 12.2. The molecular formula is C16H26N2O2S. The fourth-order valence-electron chi connectivity index (χ4n) is 1.99. The van der Waals surface area contributed by atoms with Crippen LogP contribution < -0.4 is 10.6 Å². The third kappa shape index (κ3) is 6.29. The number of rotatable bonds is 8. The molecule has 0 fully saturated rings. The molecule has 0 saturated carbocycles. The molecule has 118 valence electrons. The molecule has 2 N–H and O–H groups in total. The highest BCUT2D eigenvalue weighted by Gasteiger charge is 2.24. The number of carbonyl (C=O) groups excluding carboxylic acids is 2. The zero-order valence-electron chi connectivity index (χ0n) is 13.3. The summed E-state index contributed by atoms with van der Waals surface area (Å²) >= 11 is 1.38. The molecule has 1 aromatic heterocycles. The highest BCUT2D eigenvalue weighted by Crippen LogP contribution is 2.10. The maximum absolute atomic E-state index is 12.2. The van der Waals surface area contributed by atoms with Crippen molar-refractivity contribution in [2.24, 2.45) is 11.8 Å². The first-order valence-corrected chi connectivity index (χ1v) is 8.41. The summed E-state index contributed by atoms with van der Waals surface area (Å²) in [6.45, 7) is 8.87. The van der Waals surface area contributed by atoms with Gasteiger partial charge in [-0.25, -0.2) is 0 Å². The van der Waals surface area contributed by atoms with E-state index in [1.165, 1.54) is 11.3 Å². The van der Waals surface area contributed by atoms with Crippen molar-refractivity contribution in [2.75, 3.05) is 6.54 Å². The Bertz CT molecular complexity index is 441. The lowest BCUT2D eigenvalue weighted by molar-refractivity contribution is -0.123. The van der Waals surface area contributed by atoms with E-state index in [0.29, 0.717) is 17.3 Å². The van der Waals surface area contributed by atoms with Crippen molar-refractivity contribution in [3.05, 3.63) is 22.4 Å². The summed E-state index contributed by atoms with van der Waals surface area (Å²) in [4.78, 5) is 24.9. The number of thiophene rings is 1. The van der Waals surface area contributed by atoms with Crippen LogP contribution in [0.25, 0.3) is 0 Å². The molecule has 0 aliphatic heterocycles. The predicted molar refractivity (Wildman–Crippen MR) is 87.5 cm³/mol. The van der Waals surface area contributed by atoms with Crippen LogP contribution in [0.4, 0.5) is 0 Å². The van der Waals surface area contributed by atoms with Crippen LogP contribution in [-0.4, -0.2) is 24.4 Å². The van der Waals surface area contributed by atoms with Crippen LogP contribution in [0.5, 0.6) is 0 Å². The topological polar surface area (TPSA) is 58.2 Å². The lowest BCUT2D eigenvalue weighted by atomic mass is 10.0. The molecule has 1 atom stereocenters. The maximum Gasteiger partial charge on any atom is 0.262 e. The van der Waals surface area contributed by atoms with Gasteiger partial charge >= 0.3 is 0 Å². The van der Waals surface area contributed by atoms with Crippen molar-refractivity contribution >= 4 is 23.2 Å². The van der Waals surface area contributed by atoms with Gasteiger partial charge in [-0.3, -0.25) is 9.59 Å². The van der Waals surface area contributed by atoms with Gasteiger partial charge in [0.05, 0.1) is 4.88 Å². The third-order valence-electron chi connectivity index (χ3n) is 3.24. The minimum Gasteiger partial charge on any atom is -0.354 e. The summed E-state index contributed by atoms with van der Waals surface area (Å²) in [7, 11) is 0. The molecule has 0 saturated heterocycles. The second-order valence-corrected chi connectivity index (χ2v) is 6.95. The smallest absolute Gasteiger partial charge is 0.262 e. The Morgan fingerprint density at radius 2 is 1.95 bits per heavy atom. The van der Waals surface area contributed by atoms with Gasteiger partial charge in [0.25, 0.3) is 5.91 Å². The standard InChI is InChI=1S/C16H26N2O2S/c1-11(2)7-5-9-17-16(20)14(12(3)4)18-15(19)13-8-6-10-21-13/h6,8,10-12,14H,5,7,9H2,1-4H3,(H,17,20)(H,18,19)/t14-/m1/s1. The van der Waals surface area contributed by atoms with Crippen molar-refractivity contribution < 1.29 is 9.59 Å². The molecule has 2 amide bonds. The fourth-order valence-corrected chi connectivity index (χ4v) is 2.61.